The lowest BCUT2D eigenvalue weighted by atomic mass is 10.1. The highest BCUT2D eigenvalue weighted by Crippen LogP contribution is 2.18. The van der Waals surface area contributed by atoms with E-state index in [0.717, 1.165) is 16.9 Å². The summed E-state index contributed by atoms with van der Waals surface area (Å²) in [4.78, 5) is 12.2. The fraction of sp³-hybridized carbons (Fsp3) is 0.350. The van der Waals surface area contributed by atoms with Crippen molar-refractivity contribution < 1.29 is 17.9 Å². The Labute approximate surface area is 161 Å². The Morgan fingerprint density at radius 3 is 2.52 bits per heavy atom. The molecule has 2 rings (SSSR count). The van der Waals surface area contributed by atoms with Gasteiger partial charge in [-0.15, -0.1) is 0 Å². The molecule has 1 N–H and O–H groups in total. The summed E-state index contributed by atoms with van der Waals surface area (Å²) in [5.41, 5.74) is 2.50. The van der Waals surface area contributed by atoms with Crippen molar-refractivity contribution >= 4 is 15.9 Å². The van der Waals surface area contributed by atoms with Crippen LogP contribution >= 0.6 is 0 Å². The number of rotatable bonds is 9. The van der Waals surface area contributed by atoms with E-state index in [1.807, 2.05) is 43.3 Å². The van der Waals surface area contributed by atoms with Crippen molar-refractivity contribution in [1.29, 1.82) is 0 Å². The van der Waals surface area contributed by atoms with E-state index >= 15 is 0 Å². The van der Waals surface area contributed by atoms with Crippen LogP contribution in [0.3, 0.4) is 0 Å². The zero-order chi connectivity index (χ0) is 19.9. The molecule has 0 bridgehead atoms. The van der Waals surface area contributed by atoms with Crippen molar-refractivity contribution in [2.24, 2.45) is 0 Å². The van der Waals surface area contributed by atoms with E-state index in [4.69, 9.17) is 4.74 Å². The molecule has 7 heteroatoms. The Bertz CT molecular complexity index is 881. The molecule has 0 radical (unpaired) electrons. The van der Waals surface area contributed by atoms with Gasteiger partial charge in [-0.2, -0.15) is 0 Å². The van der Waals surface area contributed by atoms with Crippen LogP contribution in [0.2, 0.25) is 0 Å². The maximum Gasteiger partial charge on any atom is 0.251 e. The molecule has 0 aromatic heterocycles. The maximum atomic E-state index is 12.2. The minimum atomic E-state index is -3.38. The number of amides is 1. The van der Waals surface area contributed by atoms with Crippen molar-refractivity contribution in [3.05, 3.63) is 65.2 Å². The number of carbonyl (C=O) groups excluding carboxylic acids is 1. The summed E-state index contributed by atoms with van der Waals surface area (Å²) in [6.07, 6.45) is 1.71. The van der Waals surface area contributed by atoms with Gasteiger partial charge < -0.3 is 10.1 Å². The second-order valence-electron chi connectivity index (χ2n) is 6.35. The van der Waals surface area contributed by atoms with E-state index in [1.165, 1.54) is 10.6 Å². The fourth-order valence-electron chi connectivity index (χ4n) is 2.78. The first-order chi connectivity index (χ1) is 12.8. The highest BCUT2D eigenvalue weighted by Gasteiger charge is 2.17. The number of hydrogen-bond donors (Lipinski definition) is 1. The van der Waals surface area contributed by atoms with Crippen molar-refractivity contribution in [2.45, 2.75) is 13.3 Å². The van der Waals surface area contributed by atoms with Gasteiger partial charge in [-0.1, -0.05) is 35.9 Å². The number of nitrogens with zero attached hydrogens (tertiary/aromatic N) is 1. The normalized spacial score (nSPS) is 11.4. The quantitative estimate of drug-likeness (QED) is 0.712. The van der Waals surface area contributed by atoms with Crippen LogP contribution in [0.15, 0.2) is 48.5 Å². The topological polar surface area (TPSA) is 75.7 Å². The minimum absolute atomic E-state index is 0.211. The number of aryl methyl sites for hydroxylation is 1. The predicted molar refractivity (Wildman–Crippen MR) is 107 cm³/mol. The number of para-hydroxylation sites is 1. The SMILES string of the molecule is COc1ccccc1CCN(CCNC(=O)c1cccc(C)c1)S(C)(=O)=O. The number of ether oxygens (including phenoxy) is 1. The number of sulfonamides is 1. The van der Waals surface area contributed by atoms with E-state index in [-0.39, 0.29) is 19.0 Å². The molecule has 0 aliphatic carbocycles. The second-order valence-corrected chi connectivity index (χ2v) is 8.33. The van der Waals surface area contributed by atoms with Gasteiger partial charge >= 0.3 is 0 Å². The zero-order valence-electron chi connectivity index (χ0n) is 15.9. The Kier molecular flexibility index (Phi) is 7.38. The molecule has 0 heterocycles. The summed E-state index contributed by atoms with van der Waals surface area (Å²) in [5.74, 6) is 0.524. The number of carbonyl (C=O) groups is 1. The van der Waals surface area contributed by atoms with Crippen molar-refractivity contribution in [2.75, 3.05) is 33.0 Å². The molecule has 0 fully saturated rings. The Hall–Kier alpha value is -2.38. The lowest BCUT2D eigenvalue weighted by Gasteiger charge is -2.20. The molecular formula is C20H26N2O4S. The third-order valence-corrected chi connectivity index (χ3v) is 5.52. The smallest absolute Gasteiger partial charge is 0.251 e. The number of hydrogen-bond acceptors (Lipinski definition) is 4. The summed E-state index contributed by atoms with van der Waals surface area (Å²) in [7, 11) is -1.79. The predicted octanol–water partition coefficient (Wildman–Crippen LogP) is 2.24. The maximum absolute atomic E-state index is 12.2. The van der Waals surface area contributed by atoms with Crippen LogP contribution in [0.5, 0.6) is 5.75 Å². The molecule has 0 aliphatic rings. The van der Waals surface area contributed by atoms with Gasteiger partial charge in [-0.3, -0.25) is 4.79 Å². The van der Waals surface area contributed by atoms with Gasteiger partial charge in [-0.05, 0) is 37.1 Å². The average molecular weight is 391 g/mol. The van der Waals surface area contributed by atoms with Gasteiger partial charge in [0.25, 0.3) is 5.91 Å². The molecule has 146 valence electrons. The largest absolute Gasteiger partial charge is 0.496 e. The molecule has 27 heavy (non-hydrogen) atoms. The molecule has 2 aromatic rings. The van der Waals surface area contributed by atoms with Crippen LogP contribution in [0.25, 0.3) is 0 Å². The first kappa shape index (κ1) is 20.9. The van der Waals surface area contributed by atoms with Gasteiger partial charge in [0, 0.05) is 25.2 Å². The lowest BCUT2D eigenvalue weighted by Crippen LogP contribution is -2.39. The third kappa shape index (κ3) is 6.37. The van der Waals surface area contributed by atoms with Gasteiger partial charge in [0.2, 0.25) is 10.0 Å². The first-order valence-corrected chi connectivity index (χ1v) is 10.6. The second kappa shape index (κ2) is 9.53. The van der Waals surface area contributed by atoms with Crippen molar-refractivity contribution in [3.8, 4) is 5.75 Å². The van der Waals surface area contributed by atoms with Gasteiger partial charge in [0.05, 0.1) is 13.4 Å². The van der Waals surface area contributed by atoms with E-state index in [2.05, 4.69) is 5.32 Å². The standard InChI is InChI=1S/C20H26N2O4S/c1-16-7-6-9-18(15-16)20(23)21-12-14-22(27(3,24)25)13-11-17-8-4-5-10-19(17)26-2/h4-10,15H,11-14H2,1-3H3,(H,21,23). The summed E-state index contributed by atoms with van der Waals surface area (Å²) in [6, 6.07) is 14.8. The molecule has 6 nitrogen and oxygen atoms in total. The van der Waals surface area contributed by atoms with Crippen LogP contribution < -0.4 is 10.1 Å². The van der Waals surface area contributed by atoms with E-state index in [0.29, 0.717) is 18.5 Å². The van der Waals surface area contributed by atoms with Gasteiger partial charge in [0.15, 0.2) is 0 Å². The van der Waals surface area contributed by atoms with Crippen LogP contribution in [0.4, 0.5) is 0 Å². The first-order valence-electron chi connectivity index (χ1n) is 8.73. The molecule has 0 unspecified atom stereocenters. The average Bonchev–Trinajstić information content (AvgIpc) is 2.63. The number of methoxy groups -OCH3 is 1. The van der Waals surface area contributed by atoms with Crippen LogP contribution in [0.1, 0.15) is 21.5 Å². The summed E-state index contributed by atoms with van der Waals surface area (Å²) in [6.45, 7) is 2.69. The van der Waals surface area contributed by atoms with Crippen molar-refractivity contribution in [3.63, 3.8) is 0 Å². The van der Waals surface area contributed by atoms with E-state index in [1.54, 1.807) is 19.2 Å². The van der Waals surface area contributed by atoms with Crippen LogP contribution in [-0.4, -0.2) is 51.6 Å². The molecular weight excluding hydrogens is 364 g/mol. The number of nitrogens with one attached hydrogen (secondary N) is 1. The lowest BCUT2D eigenvalue weighted by molar-refractivity contribution is 0.0951. The molecule has 0 spiro atoms. The monoisotopic (exact) mass is 390 g/mol. The molecule has 0 aliphatic heterocycles. The highest BCUT2D eigenvalue weighted by atomic mass is 32.2. The third-order valence-electron chi connectivity index (χ3n) is 4.22. The molecule has 0 atom stereocenters. The van der Waals surface area contributed by atoms with Gasteiger partial charge in [0.1, 0.15) is 5.75 Å². The highest BCUT2D eigenvalue weighted by molar-refractivity contribution is 7.88. The van der Waals surface area contributed by atoms with E-state index < -0.39 is 10.0 Å². The Morgan fingerprint density at radius 1 is 1.11 bits per heavy atom. The minimum Gasteiger partial charge on any atom is -0.496 e. The van der Waals surface area contributed by atoms with Crippen molar-refractivity contribution in [1.82, 2.24) is 9.62 Å². The molecule has 2 aromatic carbocycles. The summed E-state index contributed by atoms with van der Waals surface area (Å²) >= 11 is 0. The van der Waals surface area contributed by atoms with E-state index in [9.17, 15) is 13.2 Å². The molecule has 0 saturated heterocycles. The summed E-state index contributed by atoms with van der Waals surface area (Å²) in [5, 5.41) is 2.78. The fourth-order valence-corrected chi connectivity index (χ4v) is 3.63. The molecule has 0 saturated carbocycles. The summed E-state index contributed by atoms with van der Waals surface area (Å²) < 4.78 is 30.8. The molecule has 1 amide bonds. The number of benzene rings is 2. The Morgan fingerprint density at radius 2 is 1.85 bits per heavy atom. The van der Waals surface area contributed by atoms with Gasteiger partial charge in [-0.25, -0.2) is 12.7 Å². The zero-order valence-corrected chi connectivity index (χ0v) is 16.8. The van der Waals surface area contributed by atoms with Crippen LogP contribution in [0, 0.1) is 6.92 Å². The van der Waals surface area contributed by atoms with Crippen LogP contribution in [-0.2, 0) is 16.4 Å². The Balaban J connectivity index is 1.94.